The molecule has 1 atom stereocenters. The van der Waals surface area contributed by atoms with E-state index in [4.69, 9.17) is 9.47 Å². The highest BCUT2D eigenvalue weighted by molar-refractivity contribution is 9.09. The van der Waals surface area contributed by atoms with Crippen LogP contribution in [0.15, 0.2) is 0 Å². The highest BCUT2D eigenvalue weighted by Gasteiger charge is 2.34. The van der Waals surface area contributed by atoms with Crippen molar-refractivity contribution in [3.05, 3.63) is 0 Å². The summed E-state index contributed by atoms with van der Waals surface area (Å²) in [7, 11) is 0. The monoisotopic (exact) mass is 291 g/mol. The Bertz CT molecular complexity index is 219. The highest BCUT2D eigenvalue weighted by Crippen LogP contribution is 2.33. The first kappa shape index (κ1) is 12.8. The zero-order valence-corrected chi connectivity index (χ0v) is 11.7. The first-order valence-electron chi connectivity index (χ1n) is 6.22. The molecule has 4 heteroatoms. The quantitative estimate of drug-likeness (QED) is 0.742. The lowest BCUT2D eigenvalue weighted by Crippen LogP contribution is -2.48. The fraction of sp³-hybridized carbons (Fsp3) is 1.00. The van der Waals surface area contributed by atoms with Gasteiger partial charge in [0.05, 0.1) is 12.7 Å². The lowest BCUT2D eigenvalue weighted by atomic mass is 9.81. The summed E-state index contributed by atoms with van der Waals surface area (Å²) in [6, 6.07) is 0. The van der Waals surface area contributed by atoms with Crippen LogP contribution in [0.5, 0.6) is 0 Å². The fourth-order valence-corrected chi connectivity index (χ4v) is 3.39. The number of ether oxygens (including phenoxy) is 2. The molecule has 0 N–H and O–H groups in total. The molecule has 0 aromatic heterocycles. The van der Waals surface area contributed by atoms with Crippen LogP contribution in [0.4, 0.5) is 0 Å². The van der Waals surface area contributed by atoms with Crippen LogP contribution >= 0.6 is 15.9 Å². The fourth-order valence-electron chi connectivity index (χ4n) is 2.65. The summed E-state index contributed by atoms with van der Waals surface area (Å²) in [5.41, 5.74) is 0.426. The molecule has 2 fully saturated rings. The van der Waals surface area contributed by atoms with Gasteiger partial charge in [-0.2, -0.15) is 0 Å². The minimum atomic E-state index is 0.390. The van der Waals surface area contributed by atoms with Gasteiger partial charge in [-0.25, -0.2) is 0 Å². The maximum atomic E-state index is 5.59. The van der Waals surface area contributed by atoms with E-state index in [0.29, 0.717) is 11.5 Å². The van der Waals surface area contributed by atoms with Crippen molar-refractivity contribution in [2.24, 2.45) is 5.41 Å². The molecule has 0 aromatic rings. The van der Waals surface area contributed by atoms with Gasteiger partial charge in [-0.15, -0.1) is 0 Å². The van der Waals surface area contributed by atoms with E-state index in [1.54, 1.807) is 0 Å². The molecule has 2 saturated heterocycles. The van der Waals surface area contributed by atoms with Gasteiger partial charge in [0.25, 0.3) is 0 Å². The van der Waals surface area contributed by atoms with Gasteiger partial charge in [0.15, 0.2) is 0 Å². The second kappa shape index (κ2) is 5.80. The molecule has 2 aliphatic rings. The maximum Gasteiger partial charge on any atom is 0.0674 e. The number of hydrogen-bond acceptors (Lipinski definition) is 3. The van der Waals surface area contributed by atoms with Gasteiger partial charge in [-0.1, -0.05) is 15.9 Å². The van der Waals surface area contributed by atoms with Gasteiger partial charge >= 0.3 is 0 Å². The van der Waals surface area contributed by atoms with E-state index in [9.17, 15) is 0 Å². The van der Waals surface area contributed by atoms with Crippen LogP contribution in [0.3, 0.4) is 0 Å². The molecule has 0 aliphatic carbocycles. The number of hydrogen-bond donors (Lipinski definition) is 0. The Hall–Kier alpha value is 0.360. The average Bonchev–Trinajstić information content (AvgIpc) is 2.30. The normalized spacial score (nSPS) is 31.5. The Labute approximate surface area is 107 Å². The van der Waals surface area contributed by atoms with Crippen molar-refractivity contribution in [3.63, 3.8) is 0 Å². The Morgan fingerprint density at radius 2 is 2.06 bits per heavy atom. The molecule has 0 amide bonds. The third-order valence-corrected chi connectivity index (χ3v) is 4.91. The summed E-state index contributed by atoms with van der Waals surface area (Å²) in [6.45, 7) is 8.24. The van der Waals surface area contributed by atoms with E-state index in [2.05, 4.69) is 27.8 Å². The zero-order chi connectivity index (χ0) is 11.4. The molecular formula is C12H22BrNO2. The Balaban J connectivity index is 1.89. The minimum absolute atomic E-state index is 0.390. The summed E-state index contributed by atoms with van der Waals surface area (Å²) >= 11 is 3.70. The first-order chi connectivity index (χ1) is 7.74. The highest BCUT2D eigenvalue weighted by atomic mass is 79.9. The van der Waals surface area contributed by atoms with Crippen LogP contribution in [0.25, 0.3) is 0 Å². The third kappa shape index (κ3) is 3.19. The first-order valence-corrected chi connectivity index (χ1v) is 7.34. The number of nitrogens with zero attached hydrogens (tertiary/aromatic N) is 1. The maximum absolute atomic E-state index is 5.59. The van der Waals surface area contributed by atoms with E-state index in [-0.39, 0.29) is 0 Å². The van der Waals surface area contributed by atoms with Crippen molar-refractivity contribution in [1.29, 1.82) is 0 Å². The molecule has 16 heavy (non-hydrogen) atoms. The molecule has 0 saturated carbocycles. The van der Waals surface area contributed by atoms with Gasteiger partial charge in [-0.3, -0.25) is 4.90 Å². The van der Waals surface area contributed by atoms with E-state index < -0.39 is 0 Å². The summed E-state index contributed by atoms with van der Waals surface area (Å²) in [5, 5.41) is 1.09. The minimum Gasteiger partial charge on any atom is -0.381 e. The Morgan fingerprint density at radius 3 is 2.69 bits per heavy atom. The SMILES string of the molecule is CC1CN(CC2(CBr)CCOCC2)CCO1. The molecule has 0 radical (unpaired) electrons. The number of morpholine rings is 1. The molecule has 94 valence electrons. The van der Waals surface area contributed by atoms with Crippen molar-refractivity contribution in [2.45, 2.75) is 25.9 Å². The Morgan fingerprint density at radius 1 is 1.31 bits per heavy atom. The van der Waals surface area contributed by atoms with Gasteiger partial charge in [0, 0.05) is 38.2 Å². The second-order valence-corrected chi connectivity index (χ2v) is 5.72. The molecule has 1 unspecified atom stereocenters. The lowest BCUT2D eigenvalue weighted by molar-refractivity contribution is -0.0476. The summed E-state index contributed by atoms with van der Waals surface area (Å²) in [6.07, 6.45) is 2.76. The molecule has 2 heterocycles. The van der Waals surface area contributed by atoms with Gasteiger partial charge in [0.1, 0.15) is 0 Å². The molecule has 0 bridgehead atoms. The second-order valence-electron chi connectivity index (χ2n) is 5.16. The van der Waals surface area contributed by atoms with Gasteiger partial charge in [-0.05, 0) is 25.2 Å². The van der Waals surface area contributed by atoms with Crippen LogP contribution in [0.2, 0.25) is 0 Å². The predicted octanol–water partition coefficient (Wildman–Crippen LogP) is 1.90. The predicted molar refractivity (Wildman–Crippen MR) is 68.1 cm³/mol. The zero-order valence-electron chi connectivity index (χ0n) is 10.1. The van der Waals surface area contributed by atoms with Crippen LogP contribution in [-0.2, 0) is 9.47 Å². The largest absolute Gasteiger partial charge is 0.381 e. The van der Waals surface area contributed by atoms with E-state index in [0.717, 1.165) is 38.2 Å². The number of rotatable bonds is 3. The van der Waals surface area contributed by atoms with Gasteiger partial charge < -0.3 is 9.47 Å². The topological polar surface area (TPSA) is 21.7 Å². The average molecular weight is 292 g/mol. The number of halogens is 1. The summed E-state index contributed by atoms with van der Waals surface area (Å²) in [4.78, 5) is 2.56. The smallest absolute Gasteiger partial charge is 0.0674 e. The molecule has 2 aliphatic heterocycles. The van der Waals surface area contributed by atoms with E-state index >= 15 is 0 Å². The van der Waals surface area contributed by atoms with Crippen LogP contribution in [-0.4, -0.2) is 55.8 Å². The standard InChI is InChI=1S/C12H22BrNO2/c1-11-8-14(4-7-16-11)10-12(9-13)2-5-15-6-3-12/h11H,2-10H2,1H3. The van der Waals surface area contributed by atoms with Crippen molar-refractivity contribution in [2.75, 3.05) is 44.8 Å². The van der Waals surface area contributed by atoms with Gasteiger partial charge in [0.2, 0.25) is 0 Å². The number of alkyl halides is 1. The molecule has 3 nitrogen and oxygen atoms in total. The summed E-state index contributed by atoms with van der Waals surface area (Å²) in [5.74, 6) is 0. The van der Waals surface area contributed by atoms with E-state index in [1.165, 1.54) is 19.4 Å². The Kier molecular flexibility index (Phi) is 4.65. The lowest BCUT2D eigenvalue weighted by Gasteiger charge is -2.42. The molecule has 0 aromatic carbocycles. The van der Waals surface area contributed by atoms with Crippen LogP contribution in [0.1, 0.15) is 19.8 Å². The summed E-state index contributed by atoms with van der Waals surface area (Å²) < 4.78 is 11.1. The van der Waals surface area contributed by atoms with Crippen LogP contribution in [0, 0.1) is 5.41 Å². The van der Waals surface area contributed by atoms with Crippen molar-refractivity contribution < 1.29 is 9.47 Å². The van der Waals surface area contributed by atoms with Crippen molar-refractivity contribution >= 4 is 15.9 Å². The van der Waals surface area contributed by atoms with E-state index in [1.807, 2.05) is 0 Å². The molecule has 0 spiro atoms. The van der Waals surface area contributed by atoms with Crippen molar-refractivity contribution in [3.8, 4) is 0 Å². The van der Waals surface area contributed by atoms with Crippen molar-refractivity contribution in [1.82, 2.24) is 4.90 Å². The molecule has 2 rings (SSSR count). The molecular weight excluding hydrogens is 270 g/mol. The third-order valence-electron chi connectivity index (χ3n) is 3.72. The van der Waals surface area contributed by atoms with Crippen LogP contribution < -0.4 is 0 Å².